The number of rotatable bonds is 0. The van der Waals surface area contributed by atoms with Crippen molar-refractivity contribution in [3.05, 3.63) is 59.1 Å². The first-order valence-corrected chi connectivity index (χ1v) is 5.30. The van der Waals surface area contributed by atoms with Gasteiger partial charge < -0.3 is 11.5 Å². The molecule has 0 bridgehead atoms. The Morgan fingerprint density at radius 3 is 1.60 bits per heavy atom. The van der Waals surface area contributed by atoms with Crippen LogP contribution in [0.3, 0.4) is 0 Å². The van der Waals surface area contributed by atoms with Gasteiger partial charge in [-0.3, -0.25) is 0 Å². The highest BCUT2D eigenvalue weighted by atomic mass is 79.9. The van der Waals surface area contributed by atoms with Gasteiger partial charge in [-0.15, -0.1) is 0 Å². The van der Waals surface area contributed by atoms with E-state index in [1.165, 1.54) is 0 Å². The first-order valence-electron chi connectivity index (χ1n) is 4.50. The molecule has 0 saturated heterocycles. The van der Waals surface area contributed by atoms with Crippen molar-refractivity contribution in [2.45, 2.75) is 0 Å². The summed E-state index contributed by atoms with van der Waals surface area (Å²) in [4.78, 5) is 0. The average Bonchev–Trinajstić information content (AvgIpc) is 2.25. The summed E-state index contributed by atoms with van der Waals surface area (Å²) in [7, 11) is 0. The molecule has 15 heavy (non-hydrogen) atoms. The maximum absolute atomic E-state index is 5.47. The molecule has 0 heterocycles. The van der Waals surface area contributed by atoms with Gasteiger partial charge in [-0.05, 0) is 40.2 Å². The highest BCUT2D eigenvalue weighted by Crippen LogP contribution is 2.16. The van der Waals surface area contributed by atoms with Gasteiger partial charge in [0.2, 0.25) is 0 Å². The number of para-hydroxylation sites is 2. The molecule has 78 valence electrons. The Morgan fingerprint density at radius 2 is 1.27 bits per heavy atom. The molecule has 0 saturated carbocycles. The zero-order valence-electron chi connectivity index (χ0n) is 8.23. The van der Waals surface area contributed by atoms with E-state index in [4.69, 9.17) is 11.5 Å². The van der Waals surface area contributed by atoms with Gasteiger partial charge in [0.05, 0.1) is 0 Å². The van der Waals surface area contributed by atoms with E-state index in [1.54, 1.807) is 0 Å². The van der Waals surface area contributed by atoms with Gasteiger partial charge in [-0.2, -0.15) is 0 Å². The second-order valence-electron chi connectivity index (χ2n) is 2.93. The molecule has 0 aliphatic heterocycles. The quantitative estimate of drug-likeness (QED) is 0.718. The lowest BCUT2D eigenvalue weighted by molar-refractivity contribution is 1.63. The fourth-order valence-corrected chi connectivity index (χ4v) is 1.21. The molecule has 0 radical (unpaired) electrons. The lowest BCUT2D eigenvalue weighted by Gasteiger charge is -1.91. The molecule has 3 heteroatoms. The van der Waals surface area contributed by atoms with E-state index in [0.29, 0.717) is 0 Å². The molecule has 0 fully saturated rings. The average molecular weight is 265 g/mol. The molecule has 2 aromatic rings. The number of anilines is 2. The van der Waals surface area contributed by atoms with E-state index >= 15 is 0 Å². The monoisotopic (exact) mass is 264 g/mol. The third-order valence-corrected chi connectivity index (χ3v) is 2.43. The van der Waals surface area contributed by atoms with Crippen LogP contribution in [-0.2, 0) is 0 Å². The summed E-state index contributed by atoms with van der Waals surface area (Å²) in [5.41, 5.74) is 12.4. The smallest absolute Gasteiger partial charge is 0.0458 e. The van der Waals surface area contributed by atoms with Gasteiger partial charge in [-0.25, -0.2) is 0 Å². The molecule has 0 spiro atoms. The van der Waals surface area contributed by atoms with Crippen molar-refractivity contribution in [2.75, 3.05) is 11.5 Å². The zero-order valence-corrected chi connectivity index (χ0v) is 9.81. The molecule has 0 amide bonds. The Morgan fingerprint density at radius 1 is 0.733 bits per heavy atom. The summed E-state index contributed by atoms with van der Waals surface area (Å²) < 4.78 is 0.958. The van der Waals surface area contributed by atoms with Gasteiger partial charge in [0.1, 0.15) is 0 Å². The first kappa shape index (κ1) is 11.6. The van der Waals surface area contributed by atoms with E-state index in [0.717, 1.165) is 15.8 Å². The molecule has 2 nitrogen and oxygen atoms in total. The van der Waals surface area contributed by atoms with Crippen molar-refractivity contribution in [3.8, 4) is 0 Å². The summed E-state index contributed by atoms with van der Waals surface area (Å²) in [5, 5.41) is 0. The minimum Gasteiger partial charge on any atom is -0.399 e. The van der Waals surface area contributed by atoms with Crippen molar-refractivity contribution in [1.29, 1.82) is 0 Å². The fourth-order valence-electron chi connectivity index (χ4n) is 0.928. The predicted octanol–water partition coefficient (Wildman–Crippen LogP) is 3.30. The third-order valence-electron chi connectivity index (χ3n) is 1.70. The minimum atomic E-state index is 0.785. The van der Waals surface area contributed by atoms with E-state index < -0.39 is 0 Å². The topological polar surface area (TPSA) is 52.0 Å². The van der Waals surface area contributed by atoms with Gasteiger partial charge in [-0.1, -0.05) is 30.3 Å². The Balaban J connectivity index is 0.000000151. The molecule has 4 N–H and O–H groups in total. The Labute approximate surface area is 98.0 Å². The molecule has 0 atom stereocenters. The zero-order chi connectivity index (χ0) is 11.1. The van der Waals surface area contributed by atoms with E-state index in [2.05, 4.69) is 15.9 Å². The van der Waals surface area contributed by atoms with Gasteiger partial charge >= 0.3 is 0 Å². The summed E-state index contributed by atoms with van der Waals surface area (Å²) in [6.45, 7) is 0. The normalized spacial score (nSPS) is 8.87. The van der Waals surface area contributed by atoms with Crippen LogP contribution >= 0.6 is 15.9 Å². The maximum atomic E-state index is 5.47. The Bertz CT molecular complexity index is 380. The standard InChI is InChI=1S/C6H6BrN.C6H7N/c7-5-3-1-2-4-6(5)8;7-6-4-2-1-3-5-6/h1-4H,8H2;1-5H,7H2. The Kier molecular flexibility index (Phi) is 4.71. The van der Waals surface area contributed by atoms with Crippen molar-refractivity contribution >= 4 is 27.3 Å². The summed E-state index contributed by atoms with van der Waals surface area (Å²) in [6.07, 6.45) is 0. The summed E-state index contributed by atoms with van der Waals surface area (Å²) in [6, 6.07) is 17.1. The first-order chi connectivity index (χ1) is 7.20. The highest BCUT2D eigenvalue weighted by Gasteiger charge is 1.86. The molecule has 0 unspecified atom stereocenters. The van der Waals surface area contributed by atoms with Crippen molar-refractivity contribution in [2.24, 2.45) is 0 Å². The van der Waals surface area contributed by atoms with E-state index in [1.807, 2.05) is 54.6 Å². The van der Waals surface area contributed by atoms with Crippen molar-refractivity contribution < 1.29 is 0 Å². The third kappa shape index (κ3) is 4.51. The van der Waals surface area contributed by atoms with Gasteiger partial charge in [0.15, 0.2) is 0 Å². The predicted molar refractivity (Wildman–Crippen MR) is 69.4 cm³/mol. The van der Waals surface area contributed by atoms with Crippen LogP contribution in [0.2, 0.25) is 0 Å². The summed E-state index contributed by atoms with van der Waals surface area (Å²) in [5.74, 6) is 0. The lowest BCUT2D eigenvalue weighted by atomic mass is 10.3. The number of halogens is 1. The molecule has 0 aliphatic carbocycles. The number of nitrogens with two attached hydrogens (primary N) is 2. The van der Waals surface area contributed by atoms with Crippen LogP contribution in [0.4, 0.5) is 11.4 Å². The highest BCUT2D eigenvalue weighted by molar-refractivity contribution is 9.10. The number of hydrogen-bond donors (Lipinski definition) is 2. The largest absolute Gasteiger partial charge is 0.399 e. The van der Waals surface area contributed by atoms with Crippen molar-refractivity contribution in [3.63, 3.8) is 0 Å². The van der Waals surface area contributed by atoms with Gasteiger partial charge in [0.25, 0.3) is 0 Å². The second kappa shape index (κ2) is 6.09. The Hall–Kier alpha value is -1.48. The van der Waals surface area contributed by atoms with E-state index in [9.17, 15) is 0 Å². The van der Waals surface area contributed by atoms with Gasteiger partial charge in [0, 0.05) is 15.8 Å². The molecule has 0 aliphatic rings. The molecular formula is C12H13BrN2. The second-order valence-corrected chi connectivity index (χ2v) is 3.79. The summed E-state index contributed by atoms with van der Waals surface area (Å²) >= 11 is 3.27. The van der Waals surface area contributed by atoms with Crippen LogP contribution in [0.5, 0.6) is 0 Å². The number of nitrogen functional groups attached to an aromatic ring is 2. The van der Waals surface area contributed by atoms with Crippen LogP contribution in [0.15, 0.2) is 59.1 Å². The lowest BCUT2D eigenvalue weighted by Crippen LogP contribution is -1.82. The van der Waals surface area contributed by atoms with Crippen molar-refractivity contribution in [1.82, 2.24) is 0 Å². The fraction of sp³-hybridized carbons (Fsp3) is 0. The minimum absolute atomic E-state index is 0.785. The number of benzene rings is 2. The molecular weight excluding hydrogens is 252 g/mol. The molecule has 0 aromatic heterocycles. The van der Waals surface area contributed by atoms with Crippen LogP contribution in [0, 0.1) is 0 Å². The van der Waals surface area contributed by atoms with Crippen LogP contribution in [0.1, 0.15) is 0 Å². The SMILES string of the molecule is Nc1ccccc1.Nc1ccccc1Br. The maximum Gasteiger partial charge on any atom is 0.0458 e. The number of hydrogen-bond acceptors (Lipinski definition) is 2. The molecule has 2 aromatic carbocycles. The van der Waals surface area contributed by atoms with Crippen LogP contribution in [0.25, 0.3) is 0 Å². The van der Waals surface area contributed by atoms with Crippen LogP contribution in [-0.4, -0.2) is 0 Å². The van der Waals surface area contributed by atoms with E-state index in [-0.39, 0.29) is 0 Å². The van der Waals surface area contributed by atoms with Crippen LogP contribution < -0.4 is 11.5 Å². The molecule has 2 rings (SSSR count).